The number of rotatable bonds is 4. The summed E-state index contributed by atoms with van der Waals surface area (Å²) in [4.78, 5) is 8.77. The van der Waals surface area contributed by atoms with Gasteiger partial charge in [-0.3, -0.25) is 0 Å². The molecule has 1 aromatic carbocycles. The Morgan fingerprint density at radius 3 is 2.32 bits per heavy atom. The van der Waals surface area contributed by atoms with Crippen LogP contribution in [0.1, 0.15) is 30.0 Å². The average molecular weight is 255 g/mol. The summed E-state index contributed by atoms with van der Waals surface area (Å²) in [6.07, 6.45) is 2.72. The molecule has 0 aliphatic carbocycles. The summed E-state index contributed by atoms with van der Waals surface area (Å²) in [5.41, 5.74) is 5.81. The van der Waals surface area contributed by atoms with Crippen LogP contribution < -0.4 is 5.32 Å². The first-order valence-electron chi connectivity index (χ1n) is 6.76. The highest BCUT2D eigenvalue weighted by Crippen LogP contribution is 2.26. The molecule has 1 aromatic heterocycles. The number of hydrogen-bond donors (Lipinski definition) is 1. The average Bonchev–Trinajstić information content (AvgIpc) is 2.36. The molecule has 1 N–H and O–H groups in total. The fourth-order valence-electron chi connectivity index (χ4n) is 2.27. The third kappa shape index (κ3) is 3.11. The maximum Gasteiger partial charge on any atom is 0.132 e. The number of nitrogens with zero attached hydrogens (tertiary/aromatic N) is 2. The molecule has 0 aliphatic heterocycles. The second kappa shape index (κ2) is 5.83. The van der Waals surface area contributed by atoms with E-state index in [1.165, 1.54) is 11.1 Å². The smallest absolute Gasteiger partial charge is 0.132 e. The van der Waals surface area contributed by atoms with Gasteiger partial charge in [0.1, 0.15) is 12.1 Å². The van der Waals surface area contributed by atoms with Gasteiger partial charge in [-0.25, -0.2) is 9.97 Å². The van der Waals surface area contributed by atoms with Crippen LogP contribution in [-0.4, -0.2) is 16.5 Å². The van der Waals surface area contributed by atoms with Crippen molar-refractivity contribution in [2.24, 2.45) is 0 Å². The Bertz CT molecular complexity index is 556. The van der Waals surface area contributed by atoms with Crippen molar-refractivity contribution in [2.45, 2.75) is 34.1 Å². The molecule has 100 valence electrons. The van der Waals surface area contributed by atoms with E-state index in [1.807, 2.05) is 0 Å². The van der Waals surface area contributed by atoms with Crippen LogP contribution >= 0.6 is 0 Å². The highest BCUT2D eigenvalue weighted by molar-refractivity contribution is 5.68. The van der Waals surface area contributed by atoms with Gasteiger partial charge in [0.2, 0.25) is 0 Å². The molecule has 0 spiro atoms. The van der Waals surface area contributed by atoms with Gasteiger partial charge < -0.3 is 5.32 Å². The van der Waals surface area contributed by atoms with Crippen LogP contribution in [0.3, 0.4) is 0 Å². The Balaban J connectivity index is 2.44. The Hall–Kier alpha value is -1.90. The quantitative estimate of drug-likeness (QED) is 0.900. The minimum atomic E-state index is 0.935. The summed E-state index contributed by atoms with van der Waals surface area (Å²) in [5.74, 6) is 0.936. The van der Waals surface area contributed by atoms with Gasteiger partial charge in [-0.05, 0) is 39.3 Å². The predicted molar refractivity (Wildman–Crippen MR) is 80.5 cm³/mol. The molecule has 1 heterocycles. The molecule has 0 saturated heterocycles. The maximum atomic E-state index is 4.45. The van der Waals surface area contributed by atoms with Gasteiger partial charge in [0, 0.05) is 17.7 Å². The molecule has 0 aliphatic rings. The summed E-state index contributed by atoms with van der Waals surface area (Å²) in [5, 5.41) is 3.35. The van der Waals surface area contributed by atoms with Crippen molar-refractivity contribution >= 4 is 5.82 Å². The number of nitrogens with one attached hydrogen (secondary N) is 1. The van der Waals surface area contributed by atoms with E-state index in [-0.39, 0.29) is 0 Å². The number of aryl methyl sites for hydroxylation is 2. The fourth-order valence-corrected chi connectivity index (χ4v) is 2.27. The number of benzene rings is 1. The molecular weight excluding hydrogens is 234 g/mol. The van der Waals surface area contributed by atoms with Crippen molar-refractivity contribution in [1.29, 1.82) is 0 Å². The second-order valence-corrected chi connectivity index (χ2v) is 5.00. The molecule has 0 amide bonds. The summed E-state index contributed by atoms with van der Waals surface area (Å²) < 4.78 is 0. The van der Waals surface area contributed by atoms with E-state index < -0.39 is 0 Å². The molecule has 19 heavy (non-hydrogen) atoms. The number of anilines is 1. The normalized spacial score (nSPS) is 10.5. The zero-order valence-electron chi connectivity index (χ0n) is 12.1. The molecule has 2 aromatic rings. The highest BCUT2D eigenvalue weighted by atomic mass is 15.0. The minimum absolute atomic E-state index is 0.935. The van der Waals surface area contributed by atoms with Gasteiger partial charge in [0.05, 0.1) is 5.69 Å². The van der Waals surface area contributed by atoms with Crippen molar-refractivity contribution in [3.63, 3.8) is 0 Å². The lowest BCUT2D eigenvalue weighted by atomic mass is 10.0. The van der Waals surface area contributed by atoms with Crippen molar-refractivity contribution in [3.8, 4) is 11.3 Å². The predicted octanol–water partition coefficient (Wildman–Crippen LogP) is 3.89. The molecule has 0 radical (unpaired) electrons. The Labute approximate surface area is 115 Å². The Morgan fingerprint density at radius 1 is 1.00 bits per heavy atom. The standard InChI is InChI=1S/C16H21N3/c1-5-6-17-16-13(4)15(18-10-19-16)14-8-11(2)7-12(3)9-14/h7-10H,5-6H2,1-4H3,(H,17,18,19). The zero-order chi connectivity index (χ0) is 13.8. The number of aromatic nitrogens is 2. The first kappa shape index (κ1) is 13.5. The molecule has 0 saturated carbocycles. The second-order valence-electron chi connectivity index (χ2n) is 5.00. The molecule has 3 heteroatoms. The van der Waals surface area contributed by atoms with Crippen molar-refractivity contribution in [1.82, 2.24) is 9.97 Å². The lowest BCUT2D eigenvalue weighted by Gasteiger charge is -2.12. The van der Waals surface area contributed by atoms with Gasteiger partial charge in [0.15, 0.2) is 0 Å². The summed E-state index contributed by atoms with van der Waals surface area (Å²) in [6, 6.07) is 6.52. The lowest BCUT2D eigenvalue weighted by molar-refractivity contribution is 0.960. The summed E-state index contributed by atoms with van der Waals surface area (Å²) in [7, 11) is 0. The Kier molecular flexibility index (Phi) is 4.15. The highest BCUT2D eigenvalue weighted by Gasteiger charge is 2.09. The lowest BCUT2D eigenvalue weighted by Crippen LogP contribution is -2.05. The van der Waals surface area contributed by atoms with E-state index in [9.17, 15) is 0 Å². The van der Waals surface area contributed by atoms with Crippen LogP contribution in [0.5, 0.6) is 0 Å². The molecule has 2 rings (SSSR count). The van der Waals surface area contributed by atoms with E-state index in [2.05, 4.69) is 61.2 Å². The van der Waals surface area contributed by atoms with Crippen LogP contribution in [-0.2, 0) is 0 Å². The van der Waals surface area contributed by atoms with Crippen LogP contribution in [0.15, 0.2) is 24.5 Å². The molecule has 0 fully saturated rings. The summed E-state index contributed by atoms with van der Waals surface area (Å²) >= 11 is 0. The molecule has 0 bridgehead atoms. The number of hydrogen-bond acceptors (Lipinski definition) is 3. The monoisotopic (exact) mass is 255 g/mol. The third-order valence-electron chi connectivity index (χ3n) is 3.12. The largest absolute Gasteiger partial charge is 0.370 e. The Morgan fingerprint density at radius 2 is 1.68 bits per heavy atom. The van der Waals surface area contributed by atoms with Gasteiger partial charge in [-0.1, -0.05) is 24.1 Å². The van der Waals surface area contributed by atoms with Gasteiger partial charge >= 0.3 is 0 Å². The van der Waals surface area contributed by atoms with Gasteiger partial charge in [-0.2, -0.15) is 0 Å². The van der Waals surface area contributed by atoms with Crippen LogP contribution in [0, 0.1) is 20.8 Å². The van der Waals surface area contributed by atoms with E-state index in [0.29, 0.717) is 0 Å². The molecule has 0 atom stereocenters. The third-order valence-corrected chi connectivity index (χ3v) is 3.12. The van der Waals surface area contributed by atoms with Gasteiger partial charge in [-0.15, -0.1) is 0 Å². The summed E-state index contributed by atoms with van der Waals surface area (Å²) in [6.45, 7) is 9.38. The van der Waals surface area contributed by atoms with Crippen molar-refractivity contribution in [2.75, 3.05) is 11.9 Å². The first-order chi connectivity index (χ1) is 9.11. The van der Waals surface area contributed by atoms with Crippen LogP contribution in [0.4, 0.5) is 5.82 Å². The molecular formula is C16H21N3. The van der Waals surface area contributed by atoms with Gasteiger partial charge in [0.25, 0.3) is 0 Å². The minimum Gasteiger partial charge on any atom is -0.370 e. The molecule has 3 nitrogen and oxygen atoms in total. The van der Waals surface area contributed by atoms with Crippen molar-refractivity contribution in [3.05, 3.63) is 41.2 Å². The molecule has 0 unspecified atom stereocenters. The van der Waals surface area contributed by atoms with E-state index >= 15 is 0 Å². The first-order valence-corrected chi connectivity index (χ1v) is 6.76. The maximum absolute atomic E-state index is 4.45. The van der Waals surface area contributed by atoms with E-state index in [1.54, 1.807) is 6.33 Å². The fraction of sp³-hybridized carbons (Fsp3) is 0.375. The van der Waals surface area contributed by atoms with E-state index in [0.717, 1.165) is 35.6 Å². The SMILES string of the molecule is CCCNc1ncnc(-c2cc(C)cc(C)c2)c1C. The van der Waals surface area contributed by atoms with Crippen molar-refractivity contribution < 1.29 is 0 Å². The van der Waals surface area contributed by atoms with E-state index in [4.69, 9.17) is 0 Å². The van der Waals surface area contributed by atoms with Crippen LogP contribution in [0.25, 0.3) is 11.3 Å². The topological polar surface area (TPSA) is 37.8 Å². The van der Waals surface area contributed by atoms with Crippen LogP contribution in [0.2, 0.25) is 0 Å². The zero-order valence-corrected chi connectivity index (χ0v) is 12.1.